The van der Waals surface area contributed by atoms with Gasteiger partial charge in [0, 0.05) is 5.92 Å². The Morgan fingerprint density at radius 1 is 1.47 bits per heavy atom. The maximum atomic E-state index is 9.68. The minimum absolute atomic E-state index is 0.138. The van der Waals surface area contributed by atoms with Gasteiger partial charge in [-0.2, -0.15) is 10.4 Å². The van der Waals surface area contributed by atoms with Gasteiger partial charge >= 0.3 is 0 Å². The van der Waals surface area contributed by atoms with Crippen molar-refractivity contribution in [1.82, 2.24) is 10.2 Å². The summed E-state index contributed by atoms with van der Waals surface area (Å²) in [5.74, 6) is -0.255. The van der Waals surface area contributed by atoms with Crippen molar-refractivity contribution in [2.45, 2.75) is 31.0 Å². The molecule has 80 valence electrons. The summed E-state index contributed by atoms with van der Waals surface area (Å²) in [6.45, 7) is 0. The molecule has 15 heavy (non-hydrogen) atoms. The number of aromatic amines is 1. The highest BCUT2D eigenvalue weighted by atomic mass is 16.3. The van der Waals surface area contributed by atoms with Crippen LogP contribution in [0.15, 0.2) is 0 Å². The predicted octanol–water partition coefficient (Wildman–Crippen LogP) is -0.537. The molecule has 0 amide bonds. The normalized spacial score (nSPS) is 30.3. The van der Waals surface area contributed by atoms with E-state index in [0.29, 0.717) is 18.5 Å². The summed E-state index contributed by atoms with van der Waals surface area (Å²) in [4.78, 5) is 0. The minimum Gasteiger partial charge on any atom is -0.395 e. The fourth-order valence-electron chi connectivity index (χ4n) is 2.01. The van der Waals surface area contributed by atoms with Gasteiger partial charge in [0.2, 0.25) is 0 Å². The number of H-pyrrole nitrogens is 1. The molecule has 2 rings (SSSR count). The van der Waals surface area contributed by atoms with Crippen molar-refractivity contribution in [1.29, 1.82) is 5.26 Å². The summed E-state index contributed by atoms with van der Waals surface area (Å²) in [7, 11) is 0. The first kappa shape index (κ1) is 9.96. The average Bonchev–Trinajstić information content (AvgIpc) is 2.73. The molecule has 1 aliphatic carbocycles. The maximum Gasteiger partial charge on any atom is 0.185 e. The Balaban J connectivity index is 2.31. The van der Waals surface area contributed by atoms with Crippen LogP contribution in [0.5, 0.6) is 0 Å². The van der Waals surface area contributed by atoms with Crippen molar-refractivity contribution in [2.24, 2.45) is 0 Å². The van der Waals surface area contributed by atoms with Crippen molar-refractivity contribution in [3.05, 3.63) is 11.4 Å². The molecule has 6 heteroatoms. The molecule has 0 saturated heterocycles. The topological polar surface area (TPSA) is 119 Å². The Morgan fingerprint density at radius 3 is 2.67 bits per heavy atom. The first-order valence-electron chi connectivity index (χ1n) is 4.75. The van der Waals surface area contributed by atoms with Crippen LogP contribution >= 0.6 is 0 Å². The van der Waals surface area contributed by atoms with Gasteiger partial charge < -0.3 is 15.9 Å². The summed E-state index contributed by atoms with van der Waals surface area (Å²) >= 11 is 0. The van der Waals surface area contributed by atoms with Crippen LogP contribution in [0.1, 0.15) is 30.1 Å². The van der Waals surface area contributed by atoms with Gasteiger partial charge in [-0.1, -0.05) is 0 Å². The van der Waals surface area contributed by atoms with E-state index < -0.39 is 12.2 Å². The molecular weight excluding hydrogens is 196 g/mol. The van der Waals surface area contributed by atoms with Gasteiger partial charge in [-0.25, -0.2) is 0 Å². The molecule has 1 aliphatic rings. The van der Waals surface area contributed by atoms with Gasteiger partial charge in [0.05, 0.1) is 23.6 Å². The second kappa shape index (κ2) is 3.53. The number of nitrogens with two attached hydrogens (primary N) is 1. The van der Waals surface area contributed by atoms with Gasteiger partial charge in [0.25, 0.3) is 0 Å². The van der Waals surface area contributed by atoms with Crippen LogP contribution in [0.25, 0.3) is 0 Å². The summed E-state index contributed by atoms with van der Waals surface area (Å²) in [6.07, 6.45) is -0.381. The molecule has 0 aromatic carbocycles. The third-order valence-corrected chi connectivity index (χ3v) is 2.89. The number of aliphatic hydroxyl groups is 2. The zero-order valence-corrected chi connectivity index (χ0v) is 8.01. The number of anilines is 1. The molecule has 1 aromatic rings. The summed E-state index contributed by atoms with van der Waals surface area (Å²) < 4.78 is 0. The van der Waals surface area contributed by atoms with Crippen molar-refractivity contribution in [3.8, 4) is 6.07 Å². The molecule has 5 N–H and O–H groups in total. The molecule has 1 heterocycles. The van der Waals surface area contributed by atoms with Gasteiger partial charge in [0.1, 0.15) is 6.07 Å². The molecule has 0 bridgehead atoms. The van der Waals surface area contributed by atoms with E-state index in [-0.39, 0.29) is 17.3 Å². The van der Waals surface area contributed by atoms with Gasteiger partial charge in [-0.05, 0) is 12.8 Å². The van der Waals surface area contributed by atoms with E-state index in [1.54, 1.807) is 0 Å². The van der Waals surface area contributed by atoms with E-state index in [2.05, 4.69) is 10.2 Å². The quantitative estimate of drug-likeness (QED) is 0.494. The highest BCUT2D eigenvalue weighted by Gasteiger charge is 2.36. The molecule has 0 radical (unpaired) electrons. The van der Waals surface area contributed by atoms with Crippen LogP contribution in [-0.4, -0.2) is 32.6 Å². The number of nitrogens with zero attached hydrogens (tertiary/aromatic N) is 2. The Bertz CT molecular complexity index is 409. The number of hydrogen-bond donors (Lipinski definition) is 4. The average molecular weight is 208 g/mol. The highest BCUT2D eigenvalue weighted by Crippen LogP contribution is 2.36. The molecular formula is C9H12N4O2. The number of hydrogen-bond acceptors (Lipinski definition) is 5. The molecule has 1 saturated carbocycles. The molecule has 0 aliphatic heterocycles. The van der Waals surface area contributed by atoms with Gasteiger partial charge in [0.15, 0.2) is 5.69 Å². The zero-order valence-electron chi connectivity index (χ0n) is 8.01. The maximum absolute atomic E-state index is 9.68. The van der Waals surface area contributed by atoms with Crippen LogP contribution < -0.4 is 5.73 Å². The second-order valence-corrected chi connectivity index (χ2v) is 3.75. The van der Waals surface area contributed by atoms with E-state index in [1.165, 1.54) is 0 Å². The van der Waals surface area contributed by atoms with Crippen LogP contribution in [-0.2, 0) is 0 Å². The lowest BCUT2D eigenvalue weighted by molar-refractivity contribution is 0.0347. The number of nitrogen functional groups attached to an aromatic ring is 1. The standard InChI is InChI=1S/C9H12N4O2/c10-3-5-7(11)8(13-12-5)4-1-2-6(14)9(4)15/h4,6,9,14-15H,1-2,11H2,(H,12,13)/t4-,6+,9-/m1/s1. The van der Waals surface area contributed by atoms with Crippen molar-refractivity contribution >= 4 is 5.69 Å². The summed E-state index contributed by atoms with van der Waals surface area (Å²) in [5, 5.41) is 34.1. The Kier molecular flexibility index (Phi) is 2.34. The molecule has 3 atom stereocenters. The Labute approximate surface area is 86.3 Å². The first-order valence-corrected chi connectivity index (χ1v) is 4.75. The first-order chi connectivity index (χ1) is 7.15. The summed E-state index contributed by atoms with van der Waals surface area (Å²) in [5.41, 5.74) is 6.66. The fraction of sp³-hybridized carbons (Fsp3) is 0.556. The van der Waals surface area contributed by atoms with Crippen molar-refractivity contribution < 1.29 is 10.2 Å². The predicted molar refractivity (Wildman–Crippen MR) is 51.7 cm³/mol. The van der Waals surface area contributed by atoms with Gasteiger partial charge in [-0.3, -0.25) is 5.10 Å². The summed E-state index contributed by atoms with van der Waals surface area (Å²) in [6, 6.07) is 1.85. The fourth-order valence-corrected chi connectivity index (χ4v) is 2.01. The van der Waals surface area contributed by atoms with Crippen LogP contribution in [0.4, 0.5) is 5.69 Å². The minimum atomic E-state index is -0.834. The number of aliphatic hydroxyl groups excluding tert-OH is 2. The third-order valence-electron chi connectivity index (χ3n) is 2.89. The monoisotopic (exact) mass is 208 g/mol. The largest absolute Gasteiger partial charge is 0.395 e. The zero-order chi connectivity index (χ0) is 11.0. The van der Waals surface area contributed by atoms with E-state index in [1.807, 2.05) is 6.07 Å². The number of nitrogens with one attached hydrogen (secondary N) is 1. The van der Waals surface area contributed by atoms with Crippen molar-refractivity contribution in [2.75, 3.05) is 5.73 Å². The number of rotatable bonds is 1. The van der Waals surface area contributed by atoms with E-state index in [4.69, 9.17) is 11.0 Å². The third kappa shape index (κ3) is 1.46. The van der Waals surface area contributed by atoms with Crippen LogP contribution in [0.3, 0.4) is 0 Å². The lowest BCUT2D eigenvalue weighted by Crippen LogP contribution is -2.24. The highest BCUT2D eigenvalue weighted by molar-refractivity contribution is 5.55. The molecule has 0 spiro atoms. The Morgan fingerprint density at radius 2 is 2.20 bits per heavy atom. The number of aromatic nitrogens is 2. The lowest BCUT2D eigenvalue weighted by Gasteiger charge is -2.15. The molecule has 0 unspecified atom stereocenters. The molecule has 6 nitrogen and oxygen atoms in total. The van der Waals surface area contributed by atoms with Crippen LogP contribution in [0.2, 0.25) is 0 Å². The Hall–Kier alpha value is -1.58. The number of nitriles is 1. The van der Waals surface area contributed by atoms with Crippen molar-refractivity contribution in [3.63, 3.8) is 0 Å². The van der Waals surface area contributed by atoms with E-state index in [0.717, 1.165) is 0 Å². The smallest absolute Gasteiger partial charge is 0.185 e. The van der Waals surface area contributed by atoms with E-state index in [9.17, 15) is 10.2 Å². The molecule has 1 aromatic heterocycles. The molecule has 1 fully saturated rings. The lowest BCUT2D eigenvalue weighted by atomic mass is 10.00. The van der Waals surface area contributed by atoms with Crippen LogP contribution in [0, 0.1) is 11.3 Å². The van der Waals surface area contributed by atoms with E-state index >= 15 is 0 Å². The SMILES string of the molecule is N#Cc1n[nH]c([C@H]2CC[C@H](O)[C@@H]2O)c1N. The second-order valence-electron chi connectivity index (χ2n) is 3.75. The van der Waals surface area contributed by atoms with Gasteiger partial charge in [-0.15, -0.1) is 0 Å².